The minimum atomic E-state index is -3.38. The first-order valence-electron chi connectivity index (χ1n) is 20.3. The van der Waals surface area contributed by atoms with Crippen LogP contribution < -0.4 is 24.4 Å². The fourth-order valence-corrected chi connectivity index (χ4v) is 8.72. The highest BCUT2D eigenvalue weighted by Gasteiger charge is 2.39. The minimum absolute atomic E-state index is 0.198. The largest absolute Gasteiger partial charge is 0.489 e. The number of ether oxygens (including phenoxy) is 3. The summed E-state index contributed by atoms with van der Waals surface area (Å²) in [4.78, 5) is 56.1. The first-order valence-corrected chi connectivity index (χ1v) is 22.2. The molecule has 1 unspecified atom stereocenters. The topological polar surface area (TPSA) is 152 Å². The van der Waals surface area contributed by atoms with Gasteiger partial charge in [0.15, 0.2) is 9.84 Å². The Morgan fingerprint density at radius 3 is 2.19 bits per heavy atom. The lowest BCUT2D eigenvalue weighted by Crippen LogP contribution is -2.52. The van der Waals surface area contributed by atoms with E-state index in [0.29, 0.717) is 74.3 Å². The third-order valence-corrected chi connectivity index (χ3v) is 12.6. The number of hydrogen-bond acceptors (Lipinski definition) is 10. The Balaban J connectivity index is 0.858. The van der Waals surface area contributed by atoms with Gasteiger partial charge in [-0.15, -0.1) is 0 Å². The van der Waals surface area contributed by atoms with Crippen LogP contribution in [0, 0.1) is 0 Å². The van der Waals surface area contributed by atoms with Crippen molar-refractivity contribution in [3.63, 3.8) is 0 Å². The monoisotopic (exact) mass is 850 g/mol. The Kier molecular flexibility index (Phi) is 10.8. The van der Waals surface area contributed by atoms with Crippen LogP contribution in [0.3, 0.4) is 0 Å². The fourth-order valence-electron chi connectivity index (χ4n) is 8.09. The van der Waals surface area contributed by atoms with Gasteiger partial charge in [-0.25, -0.2) is 13.2 Å². The normalized spacial score (nSPS) is 16.6. The molecule has 0 saturated carbocycles. The predicted octanol–water partition coefficient (Wildman–Crippen LogP) is 7.36. The average Bonchev–Trinajstić information content (AvgIpc) is 3.61. The molecule has 6 aromatic carbocycles. The molecule has 9 rings (SSSR count). The minimum Gasteiger partial charge on any atom is -0.489 e. The van der Waals surface area contributed by atoms with Crippen molar-refractivity contribution in [3.8, 4) is 34.1 Å². The van der Waals surface area contributed by atoms with E-state index in [1.54, 1.807) is 59.5 Å². The molecule has 2 fully saturated rings. The highest BCUT2D eigenvalue weighted by molar-refractivity contribution is 7.90. The number of anilines is 1. The summed E-state index contributed by atoms with van der Waals surface area (Å²) < 4.78 is 42.9. The molecule has 6 aromatic rings. The van der Waals surface area contributed by atoms with Gasteiger partial charge in [0, 0.05) is 67.6 Å². The number of amides is 4. The lowest BCUT2D eigenvalue weighted by atomic mass is 9.99. The number of carbonyl (C=O) groups is 4. The molecule has 3 aliphatic heterocycles. The first-order chi connectivity index (χ1) is 30.0. The molecule has 0 bridgehead atoms. The van der Waals surface area contributed by atoms with Crippen molar-refractivity contribution in [1.29, 1.82) is 0 Å². The van der Waals surface area contributed by atoms with E-state index in [9.17, 15) is 27.6 Å². The number of carbonyl (C=O) groups excluding carboxylic acids is 4. The smallest absolute Gasteiger partial charge is 0.415 e. The fraction of sp³-hybridized carbons (Fsp3) is 0.208. The zero-order chi connectivity index (χ0) is 43.0. The molecule has 0 aromatic heterocycles. The Morgan fingerprint density at radius 1 is 0.758 bits per heavy atom. The summed E-state index contributed by atoms with van der Waals surface area (Å²) in [5.41, 5.74) is 4.87. The molecule has 2 saturated heterocycles. The van der Waals surface area contributed by atoms with Gasteiger partial charge in [0.1, 0.15) is 35.6 Å². The van der Waals surface area contributed by atoms with Gasteiger partial charge in [0.2, 0.25) is 11.8 Å². The molecule has 1 atom stereocenters. The number of rotatable bonds is 10. The van der Waals surface area contributed by atoms with Gasteiger partial charge in [0.05, 0.1) is 4.90 Å². The lowest BCUT2D eigenvalue weighted by molar-refractivity contribution is -0.136. The molecule has 0 spiro atoms. The summed E-state index contributed by atoms with van der Waals surface area (Å²) in [5, 5.41) is 4.04. The van der Waals surface area contributed by atoms with Crippen molar-refractivity contribution < 1.29 is 41.8 Å². The van der Waals surface area contributed by atoms with E-state index >= 15 is 0 Å². The average molecular weight is 851 g/mol. The van der Waals surface area contributed by atoms with Gasteiger partial charge in [0.25, 0.3) is 5.91 Å². The highest BCUT2D eigenvalue weighted by atomic mass is 32.2. The van der Waals surface area contributed by atoms with Crippen LogP contribution in [0.1, 0.15) is 34.3 Å². The quantitative estimate of drug-likeness (QED) is 0.139. The van der Waals surface area contributed by atoms with E-state index in [2.05, 4.69) is 10.2 Å². The number of nitrogens with zero attached hydrogens (tertiary/aromatic N) is 3. The van der Waals surface area contributed by atoms with Crippen LogP contribution in [0.4, 0.5) is 10.5 Å². The highest BCUT2D eigenvalue weighted by Crippen LogP contribution is 2.41. The molecule has 0 aliphatic carbocycles. The van der Waals surface area contributed by atoms with Gasteiger partial charge < -0.3 is 28.9 Å². The van der Waals surface area contributed by atoms with Crippen LogP contribution in [0.15, 0.2) is 132 Å². The molecule has 14 heteroatoms. The molecule has 1 N–H and O–H groups in total. The van der Waals surface area contributed by atoms with Crippen LogP contribution >= 0.6 is 0 Å². The number of benzene rings is 6. The summed E-state index contributed by atoms with van der Waals surface area (Å²) in [7, 11) is -3.38. The maximum absolute atomic E-state index is 13.3. The van der Waals surface area contributed by atoms with E-state index in [-0.39, 0.29) is 23.1 Å². The summed E-state index contributed by atoms with van der Waals surface area (Å²) in [6.45, 7) is 2.66. The van der Waals surface area contributed by atoms with Crippen molar-refractivity contribution in [2.45, 2.75) is 36.9 Å². The maximum atomic E-state index is 13.3. The predicted molar refractivity (Wildman–Crippen MR) is 232 cm³/mol. The second-order valence-electron chi connectivity index (χ2n) is 15.6. The van der Waals surface area contributed by atoms with Crippen molar-refractivity contribution in [2.24, 2.45) is 0 Å². The van der Waals surface area contributed by atoms with E-state index < -0.39 is 27.9 Å². The van der Waals surface area contributed by atoms with Gasteiger partial charge in [-0.2, -0.15) is 0 Å². The Morgan fingerprint density at radius 2 is 1.47 bits per heavy atom. The summed E-state index contributed by atoms with van der Waals surface area (Å²) in [6.07, 6.45) is 1.20. The number of nitrogens with one attached hydrogen (secondary N) is 1. The number of hydrogen-bond donors (Lipinski definition) is 1. The molecule has 3 heterocycles. The van der Waals surface area contributed by atoms with E-state index in [1.165, 1.54) is 11.2 Å². The van der Waals surface area contributed by atoms with Crippen LogP contribution in [-0.4, -0.2) is 80.5 Å². The standard InChI is InChI=1S/C48H42N4O9S/c1-62(57,58)39-16-7-32(8-17-39)40-18-9-33-28-38(59-30-31-5-3-2-4-6-31)15-20-41(33)45(40)60-36-11-13-37(14-12-36)61-48(56)51-25-23-50(24-26-51)35-10-19-42-34(27-35)29-52(47(42)55)43-21-22-44(53)49-46(43)54/h2-20,27-28,43H,21-26,29-30H2,1H3,(H,49,53,54). The van der Waals surface area contributed by atoms with E-state index in [4.69, 9.17) is 14.2 Å². The van der Waals surface area contributed by atoms with Gasteiger partial charge in [-0.1, -0.05) is 48.5 Å². The molecule has 4 amide bonds. The summed E-state index contributed by atoms with van der Waals surface area (Å²) in [6, 6.07) is 38.1. The van der Waals surface area contributed by atoms with Gasteiger partial charge in [-0.3, -0.25) is 19.7 Å². The summed E-state index contributed by atoms with van der Waals surface area (Å²) >= 11 is 0. The second kappa shape index (κ2) is 16.7. The Bertz CT molecular complexity index is 2830. The third-order valence-electron chi connectivity index (χ3n) is 11.4. The molecule has 314 valence electrons. The van der Waals surface area contributed by atoms with Crippen molar-refractivity contribution in [1.82, 2.24) is 15.1 Å². The summed E-state index contributed by atoms with van der Waals surface area (Å²) in [5.74, 6) is 1.13. The van der Waals surface area contributed by atoms with Gasteiger partial charge >= 0.3 is 6.09 Å². The SMILES string of the molecule is CS(=O)(=O)c1ccc(-c2ccc3cc(OCc4ccccc4)ccc3c2Oc2ccc(OC(=O)N3CCN(c4ccc5c(c4)CN(C4CCC(=O)NC4=O)C5=O)CC3)cc2)cc1. The van der Waals surface area contributed by atoms with Gasteiger partial charge in [-0.05, 0) is 107 Å². The van der Waals surface area contributed by atoms with Crippen LogP contribution in [-0.2, 0) is 32.6 Å². The van der Waals surface area contributed by atoms with Crippen LogP contribution in [0.25, 0.3) is 21.9 Å². The number of imide groups is 1. The van der Waals surface area contributed by atoms with E-state index in [0.717, 1.165) is 38.7 Å². The van der Waals surface area contributed by atoms with Crippen molar-refractivity contribution in [2.75, 3.05) is 37.3 Å². The van der Waals surface area contributed by atoms with Crippen molar-refractivity contribution >= 4 is 50.1 Å². The maximum Gasteiger partial charge on any atom is 0.415 e. The molecule has 62 heavy (non-hydrogen) atoms. The lowest BCUT2D eigenvalue weighted by Gasteiger charge is -2.35. The zero-order valence-corrected chi connectivity index (χ0v) is 34.6. The van der Waals surface area contributed by atoms with E-state index in [1.807, 2.05) is 72.8 Å². The molecular formula is C48H42N4O9S. The third kappa shape index (κ3) is 8.41. The Labute approximate surface area is 358 Å². The number of piperazine rings is 1. The molecule has 0 radical (unpaired) electrons. The van der Waals surface area contributed by atoms with Crippen LogP contribution in [0.5, 0.6) is 23.0 Å². The number of sulfone groups is 1. The second-order valence-corrected chi connectivity index (χ2v) is 17.6. The number of fused-ring (bicyclic) bond motifs is 2. The Hall–Kier alpha value is -7.19. The molecular weight excluding hydrogens is 809 g/mol. The number of piperidine rings is 1. The van der Waals surface area contributed by atoms with Crippen LogP contribution in [0.2, 0.25) is 0 Å². The molecule has 13 nitrogen and oxygen atoms in total. The first kappa shape index (κ1) is 40.2. The molecule has 3 aliphatic rings. The zero-order valence-electron chi connectivity index (χ0n) is 33.8. The van der Waals surface area contributed by atoms with Crippen molar-refractivity contribution in [3.05, 3.63) is 144 Å².